The maximum absolute atomic E-state index is 12.9. The fourth-order valence-corrected chi connectivity index (χ4v) is 5.58. The van der Waals surface area contributed by atoms with Gasteiger partial charge < -0.3 is 15.1 Å². The number of nitrogens with zero attached hydrogens (tertiary/aromatic N) is 2. The van der Waals surface area contributed by atoms with E-state index in [9.17, 15) is 22.8 Å². The molecule has 196 valence electrons. The minimum atomic E-state index is -3.90. The van der Waals surface area contributed by atoms with Gasteiger partial charge in [0.05, 0.1) is 12.6 Å². The van der Waals surface area contributed by atoms with Crippen molar-refractivity contribution in [3.05, 3.63) is 60.5 Å². The van der Waals surface area contributed by atoms with E-state index in [0.717, 1.165) is 9.69 Å². The van der Waals surface area contributed by atoms with E-state index in [2.05, 4.69) is 15.6 Å². The maximum Gasteiger partial charge on any atom is 0.287 e. The molecular weight excluding hydrogens is 496 g/mol. The number of nitrogens with one attached hydrogen (secondary N) is 2. The molecule has 1 saturated heterocycles. The highest BCUT2D eigenvalue weighted by atomic mass is 32.2. The van der Waals surface area contributed by atoms with Crippen molar-refractivity contribution >= 4 is 38.6 Å². The number of sulfonamides is 1. The van der Waals surface area contributed by atoms with E-state index in [1.165, 1.54) is 12.3 Å². The molecular formula is C26H30N4O6S. The summed E-state index contributed by atoms with van der Waals surface area (Å²) >= 11 is 0. The zero-order valence-corrected chi connectivity index (χ0v) is 21.6. The Balaban J connectivity index is 1.30. The summed E-state index contributed by atoms with van der Waals surface area (Å²) in [6.07, 6.45) is 2.54. The van der Waals surface area contributed by atoms with E-state index in [0.29, 0.717) is 24.8 Å². The molecule has 0 radical (unpaired) electrons. The molecule has 0 bridgehead atoms. The number of pyridine rings is 1. The number of hydrogen-bond acceptors (Lipinski definition) is 7. The minimum absolute atomic E-state index is 0.0765. The first-order chi connectivity index (χ1) is 17.5. The molecule has 0 saturated carbocycles. The zero-order chi connectivity index (χ0) is 26.6. The highest BCUT2D eigenvalue weighted by Crippen LogP contribution is 2.21. The van der Waals surface area contributed by atoms with Crippen LogP contribution in [-0.2, 0) is 19.6 Å². The second-order valence-corrected chi connectivity index (χ2v) is 11.6. The van der Waals surface area contributed by atoms with Gasteiger partial charge in [0.15, 0.2) is 16.6 Å². The molecule has 3 aromatic rings. The third-order valence-corrected chi connectivity index (χ3v) is 8.04. The summed E-state index contributed by atoms with van der Waals surface area (Å²) < 4.78 is 32.4. The molecule has 1 aliphatic rings. The van der Waals surface area contributed by atoms with Crippen molar-refractivity contribution in [3.8, 4) is 0 Å². The fourth-order valence-electron chi connectivity index (χ4n) is 4.20. The van der Waals surface area contributed by atoms with Crippen LogP contribution in [0.2, 0.25) is 0 Å². The van der Waals surface area contributed by atoms with Crippen molar-refractivity contribution < 1.29 is 27.2 Å². The van der Waals surface area contributed by atoms with E-state index >= 15 is 0 Å². The van der Waals surface area contributed by atoms with Crippen molar-refractivity contribution in [2.45, 2.75) is 56.1 Å². The summed E-state index contributed by atoms with van der Waals surface area (Å²) in [6.45, 7) is 3.44. The van der Waals surface area contributed by atoms with E-state index in [-0.39, 0.29) is 47.9 Å². The van der Waals surface area contributed by atoms with Crippen LogP contribution in [-0.4, -0.2) is 60.0 Å². The number of carbonyl (C=O) groups excluding carboxylic acids is 3. The van der Waals surface area contributed by atoms with Gasteiger partial charge in [-0.25, -0.2) is 13.4 Å². The molecule has 37 heavy (non-hydrogen) atoms. The van der Waals surface area contributed by atoms with Crippen LogP contribution in [0.25, 0.3) is 11.0 Å². The lowest BCUT2D eigenvalue weighted by molar-refractivity contribution is -0.127. The average Bonchev–Trinajstić information content (AvgIpc) is 3.22. The number of amides is 2. The summed E-state index contributed by atoms with van der Waals surface area (Å²) in [7, 11) is -3.90. The molecule has 4 rings (SSSR count). The van der Waals surface area contributed by atoms with Gasteiger partial charge in [0.2, 0.25) is 5.91 Å². The molecule has 2 aromatic heterocycles. The number of Topliss-reactive ketones (excluding diaryl/α,β-unsaturated/α-hetero) is 1. The van der Waals surface area contributed by atoms with Crippen molar-refractivity contribution in [2.24, 2.45) is 0 Å². The summed E-state index contributed by atoms with van der Waals surface area (Å²) in [5.74, 6) is -0.906. The van der Waals surface area contributed by atoms with Gasteiger partial charge in [0.25, 0.3) is 15.9 Å². The summed E-state index contributed by atoms with van der Waals surface area (Å²) in [4.78, 5) is 42.0. The number of para-hydroxylation sites is 1. The van der Waals surface area contributed by atoms with E-state index in [1.807, 2.05) is 18.2 Å². The lowest BCUT2D eigenvalue weighted by Crippen LogP contribution is -2.46. The quantitative estimate of drug-likeness (QED) is 0.460. The van der Waals surface area contributed by atoms with Gasteiger partial charge in [0, 0.05) is 30.1 Å². The molecule has 0 aliphatic carbocycles. The van der Waals surface area contributed by atoms with Crippen LogP contribution in [0.15, 0.2) is 64.2 Å². The van der Waals surface area contributed by atoms with Gasteiger partial charge in [-0.05, 0) is 57.4 Å². The fraction of sp³-hybridized carbons (Fsp3) is 0.385. The molecule has 11 heteroatoms. The van der Waals surface area contributed by atoms with E-state index < -0.39 is 21.6 Å². The predicted molar refractivity (Wildman–Crippen MR) is 136 cm³/mol. The third-order valence-electron chi connectivity index (χ3n) is 6.28. The molecule has 2 amide bonds. The first-order valence-corrected chi connectivity index (χ1v) is 13.5. The molecule has 3 heterocycles. The lowest BCUT2D eigenvalue weighted by atomic mass is 9.97. The zero-order valence-electron chi connectivity index (χ0n) is 20.8. The molecule has 0 unspecified atom stereocenters. The van der Waals surface area contributed by atoms with Gasteiger partial charge in [0.1, 0.15) is 5.58 Å². The Kier molecular flexibility index (Phi) is 7.74. The standard InChI is InChI=1S/C26H30N4O6S/c1-26(2,29-25(33)22-16-18-8-3-4-10-21(18)36-22)13-12-23(32)28-19-9-7-15-30(17-20(19)31)37(34,35)24-11-5-6-14-27-24/h3-6,8,10-11,14,16,19H,7,9,12-13,15,17H2,1-2H3,(H,28,32)(H,29,33)/t19-/m0/s1. The van der Waals surface area contributed by atoms with Crippen molar-refractivity contribution in [1.82, 2.24) is 19.9 Å². The molecule has 0 spiro atoms. The highest BCUT2D eigenvalue weighted by Gasteiger charge is 2.34. The van der Waals surface area contributed by atoms with Gasteiger partial charge in [-0.3, -0.25) is 14.4 Å². The van der Waals surface area contributed by atoms with Gasteiger partial charge in [-0.1, -0.05) is 24.3 Å². The number of benzene rings is 1. The second-order valence-electron chi connectivity index (χ2n) is 9.72. The van der Waals surface area contributed by atoms with Crippen LogP contribution in [0, 0.1) is 0 Å². The predicted octanol–water partition coefficient (Wildman–Crippen LogP) is 2.66. The summed E-state index contributed by atoms with van der Waals surface area (Å²) in [5, 5.41) is 6.34. The van der Waals surface area contributed by atoms with Gasteiger partial charge in [-0.2, -0.15) is 4.31 Å². The molecule has 1 atom stereocenters. The number of rotatable bonds is 8. The van der Waals surface area contributed by atoms with Gasteiger partial charge >= 0.3 is 0 Å². The lowest BCUT2D eigenvalue weighted by Gasteiger charge is -2.26. The van der Waals surface area contributed by atoms with Crippen LogP contribution < -0.4 is 10.6 Å². The van der Waals surface area contributed by atoms with Crippen LogP contribution in [0.4, 0.5) is 0 Å². The third kappa shape index (κ3) is 6.41. The Morgan fingerprint density at radius 1 is 1.16 bits per heavy atom. The minimum Gasteiger partial charge on any atom is -0.451 e. The highest BCUT2D eigenvalue weighted by molar-refractivity contribution is 7.89. The molecule has 1 aliphatic heterocycles. The Bertz CT molecular complexity index is 1370. The topological polar surface area (TPSA) is 139 Å². The number of furan rings is 1. The van der Waals surface area contributed by atoms with Crippen molar-refractivity contribution in [3.63, 3.8) is 0 Å². The Morgan fingerprint density at radius 3 is 2.65 bits per heavy atom. The molecule has 10 nitrogen and oxygen atoms in total. The molecule has 1 aromatic carbocycles. The van der Waals surface area contributed by atoms with E-state index in [4.69, 9.17) is 4.42 Å². The smallest absolute Gasteiger partial charge is 0.287 e. The summed E-state index contributed by atoms with van der Waals surface area (Å²) in [5.41, 5.74) is -0.0988. The number of fused-ring (bicyclic) bond motifs is 1. The maximum atomic E-state index is 12.9. The number of carbonyl (C=O) groups is 3. The monoisotopic (exact) mass is 526 g/mol. The van der Waals surface area contributed by atoms with Crippen LogP contribution >= 0.6 is 0 Å². The first-order valence-electron chi connectivity index (χ1n) is 12.1. The Morgan fingerprint density at radius 2 is 1.92 bits per heavy atom. The number of aromatic nitrogens is 1. The van der Waals surface area contributed by atoms with E-state index in [1.54, 1.807) is 38.1 Å². The van der Waals surface area contributed by atoms with Crippen LogP contribution in [0.5, 0.6) is 0 Å². The number of hydrogen-bond donors (Lipinski definition) is 2. The molecule has 2 N–H and O–H groups in total. The average molecular weight is 527 g/mol. The van der Waals surface area contributed by atoms with Crippen molar-refractivity contribution in [1.29, 1.82) is 0 Å². The SMILES string of the molecule is CC(C)(CCC(=O)N[C@H]1CCCN(S(=O)(=O)c2ccccn2)CC1=O)NC(=O)c1cc2ccccc2o1. The second kappa shape index (κ2) is 10.8. The normalized spacial score (nSPS) is 17.4. The first kappa shape index (κ1) is 26.5. The van der Waals surface area contributed by atoms with Gasteiger partial charge in [-0.15, -0.1) is 0 Å². The largest absolute Gasteiger partial charge is 0.451 e. The van der Waals surface area contributed by atoms with Crippen molar-refractivity contribution in [2.75, 3.05) is 13.1 Å². The van der Waals surface area contributed by atoms with Crippen LogP contribution in [0.3, 0.4) is 0 Å². The Labute approximate surface area is 215 Å². The Hall–Kier alpha value is -3.57. The summed E-state index contributed by atoms with van der Waals surface area (Å²) in [6, 6.07) is 12.8. The number of ketones is 1. The molecule has 1 fully saturated rings. The van der Waals surface area contributed by atoms with Crippen LogP contribution in [0.1, 0.15) is 50.1 Å².